The van der Waals surface area contributed by atoms with Gasteiger partial charge in [-0.15, -0.1) is 0 Å². The average molecular weight is 268 g/mol. The molecule has 0 bridgehead atoms. The summed E-state index contributed by atoms with van der Waals surface area (Å²) < 4.78 is 1.41. The molecular formula is C9H15Cl2N3O2. The van der Waals surface area contributed by atoms with Gasteiger partial charge in [0.2, 0.25) is 0 Å². The molecule has 0 radical (unpaired) electrons. The largest absolute Gasteiger partial charge is 0.359 e. The van der Waals surface area contributed by atoms with E-state index < -0.39 is 23.3 Å². The lowest BCUT2D eigenvalue weighted by atomic mass is 10.0. The monoisotopic (exact) mass is 267 g/mol. The van der Waals surface area contributed by atoms with Gasteiger partial charge in [-0.3, -0.25) is 4.90 Å². The maximum atomic E-state index is 12.0. The molecule has 0 spiro atoms. The number of nitrogens with zero attached hydrogens (tertiary/aromatic N) is 3. The summed E-state index contributed by atoms with van der Waals surface area (Å²) >= 11 is 11.5. The number of hydrogen-bond acceptors (Lipinski definition) is 2. The maximum Gasteiger partial charge on any atom is 0.359 e. The van der Waals surface area contributed by atoms with Gasteiger partial charge in [-0.05, 0) is 34.6 Å². The molecule has 0 aromatic rings. The van der Waals surface area contributed by atoms with E-state index in [9.17, 15) is 9.59 Å². The van der Waals surface area contributed by atoms with Gasteiger partial charge >= 0.3 is 12.1 Å². The van der Waals surface area contributed by atoms with E-state index in [0.717, 1.165) is 4.42 Å². The molecule has 0 aromatic heterocycles. The highest BCUT2D eigenvalue weighted by Crippen LogP contribution is 2.36. The summed E-state index contributed by atoms with van der Waals surface area (Å²) in [4.78, 5) is 25.0. The summed E-state index contributed by atoms with van der Waals surface area (Å²) in [6.07, 6.45) is 0. The van der Waals surface area contributed by atoms with Crippen LogP contribution in [-0.2, 0) is 0 Å². The Labute approximate surface area is 105 Å². The predicted octanol–water partition coefficient (Wildman–Crippen LogP) is 2.99. The standard InChI is InChI=1S/C9H15Cl2N3O2/c1-8(2,3)13-6(15)12(10)7(16)14(11)9(13,4)5/h1-5H3. The lowest BCUT2D eigenvalue weighted by Crippen LogP contribution is -2.71. The van der Waals surface area contributed by atoms with Crippen molar-refractivity contribution in [1.29, 1.82) is 0 Å². The fraction of sp³-hybridized carbons (Fsp3) is 0.778. The zero-order valence-corrected chi connectivity index (χ0v) is 11.4. The molecule has 16 heavy (non-hydrogen) atoms. The summed E-state index contributed by atoms with van der Waals surface area (Å²) in [7, 11) is 0. The van der Waals surface area contributed by atoms with Crippen molar-refractivity contribution in [2.24, 2.45) is 0 Å². The molecule has 1 fully saturated rings. The van der Waals surface area contributed by atoms with E-state index in [-0.39, 0.29) is 0 Å². The van der Waals surface area contributed by atoms with Crippen molar-refractivity contribution in [2.75, 3.05) is 0 Å². The first-order valence-electron chi connectivity index (χ1n) is 4.81. The van der Waals surface area contributed by atoms with E-state index in [4.69, 9.17) is 23.6 Å². The first-order chi connectivity index (χ1) is 7.01. The molecule has 1 aliphatic heterocycles. The quantitative estimate of drug-likeness (QED) is 0.634. The van der Waals surface area contributed by atoms with Gasteiger partial charge in [0.1, 0.15) is 5.66 Å². The van der Waals surface area contributed by atoms with Gasteiger partial charge in [0.05, 0.1) is 0 Å². The molecule has 0 N–H and O–H groups in total. The highest BCUT2D eigenvalue weighted by atomic mass is 35.5. The van der Waals surface area contributed by atoms with E-state index in [0.29, 0.717) is 4.42 Å². The van der Waals surface area contributed by atoms with Crippen LogP contribution >= 0.6 is 23.6 Å². The van der Waals surface area contributed by atoms with Crippen LogP contribution in [0, 0.1) is 0 Å². The molecule has 0 aromatic carbocycles. The number of rotatable bonds is 0. The van der Waals surface area contributed by atoms with Crippen molar-refractivity contribution in [3.05, 3.63) is 0 Å². The second kappa shape index (κ2) is 3.67. The maximum absolute atomic E-state index is 12.0. The van der Waals surface area contributed by atoms with Crippen LogP contribution in [0.5, 0.6) is 0 Å². The second-order valence-electron chi connectivity index (χ2n) is 5.13. The smallest absolute Gasteiger partial charge is 0.294 e. The van der Waals surface area contributed by atoms with E-state index in [1.807, 2.05) is 20.8 Å². The van der Waals surface area contributed by atoms with Gasteiger partial charge in [0.25, 0.3) is 0 Å². The number of carbonyl (C=O) groups excluding carboxylic acids is 2. The number of hydrogen-bond donors (Lipinski definition) is 0. The Morgan fingerprint density at radius 3 is 1.88 bits per heavy atom. The molecule has 0 unspecified atom stereocenters. The van der Waals surface area contributed by atoms with Crippen LogP contribution in [0.25, 0.3) is 0 Å². The van der Waals surface area contributed by atoms with Gasteiger partial charge in [-0.2, -0.15) is 4.42 Å². The molecule has 0 aliphatic carbocycles. The van der Waals surface area contributed by atoms with Crippen molar-refractivity contribution in [3.8, 4) is 0 Å². The molecule has 1 aliphatic rings. The van der Waals surface area contributed by atoms with Gasteiger partial charge in [0, 0.05) is 29.1 Å². The van der Waals surface area contributed by atoms with Crippen LogP contribution in [0.15, 0.2) is 0 Å². The summed E-state index contributed by atoms with van der Waals surface area (Å²) in [5.41, 5.74) is -1.43. The Morgan fingerprint density at radius 2 is 1.50 bits per heavy atom. The van der Waals surface area contributed by atoms with Crippen LogP contribution in [0.3, 0.4) is 0 Å². The Balaban J connectivity index is 3.26. The van der Waals surface area contributed by atoms with Crippen molar-refractivity contribution in [1.82, 2.24) is 13.7 Å². The molecule has 92 valence electrons. The van der Waals surface area contributed by atoms with Crippen molar-refractivity contribution in [3.63, 3.8) is 0 Å². The second-order valence-corrected chi connectivity index (χ2v) is 5.80. The minimum Gasteiger partial charge on any atom is -0.294 e. The number of urea groups is 2. The third kappa shape index (κ3) is 1.82. The Hall–Kier alpha value is -0.680. The summed E-state index contributed by atoms with van der Waals surface area (Å²) in [6.45, 7) is 8.91. The van der Waals surface area contributed by atoms with Gasteiger partial charge in [-0.1, -0.05) is 0 Å². The number of imide groups is 1. The molecule has 7 heteroatoms. The highest BCUT2D eigenvalue weighted by molar-refractivity contribution is 6.34. The normalized spacial score (nSPS) is 21.8. The zero-order chi connectivity index (χ0) is 12.9. The Kier molecular flexibility index (Phi) is 3.07. The first-order valence-corrected chi connectivity index (χ1v) is 5.49. The minimum atomic E-state index is -0.931. The van der Waals surface area contributed by atoms with Crippen LogP contribution < -0.4 is 0 Å². The average Bonchev–Trinajstić information content (AvgIpc) is 2.09. The molecule has 1 rings (SSSR count). The van der Waals surface area contributed by atoms with Crippen molar-refractivity contribution in [2.45, 2.75) is 45.8 Å². The number of halogens is 2. The predicted molar refractivity (Wildman–Crippen MR) is 61.8 cm³/mol. The van der Waals surface area contributed by atoms with Crippen molar-refractivity contribution < 1.29 is 9.59 Å². The van der Waals surface area contributed by atoms with E-state index in [1.165, 1.54) is 4.90 Å². The van der Waals surface area contributed by atoms with E-state index >= 15 is 0 Å². The summed E-state index contributed by atoms with van der Waals surface area (Å²) in [5.74, 6) is 0. The minimum absolute atomic E-state index is 0.490. The van der Waals surface area contributed by atoms with Crippen molar-refractivity contribution >= 4 is 35.6 Å². The van der Waals surface area contributed by atoms with E-state index in [1.54, 1.807) is 13.8 Å². The third-order valence-corrected chi connectivity index (χ3v) is 3.24. The molecule has 0 saturated carbocycles. The molecule has 0 atom stereocenters. The number of carbonyl (C=O) groups is 2. The fourth-order valence-electron chi connectivity index (χ4n) is 1.91. The summed E-state index contributed by atoms with van der Waals surface area (Å²) in [5, 5.41) is 0. The van der Waals surface area contributed by atoms with Gasteiger partial charge in [0.15, 0.2) is 0 Å². The lowest BCUT2D eigenvalue weighted by Gasteiger charge is -2.53. The fourth-order valence-corrected chi connectivity index (χ4v) is 2.25. The van der Waals surface area contributed by atoms with Crippen LogP contribution in [0.1, 0.15) is 34.6 Å². The molecule has 4 amide bonds. The zero-order valence-electron chi connectivity index (χ0n) is 9.91. The third-order valence-electron chi connectivity index (χ3n) is 2.39. The first kappa shape index (κ1) is 13.4. The van der Waals surface area contributed by atoms with Crippen LogP contribution in [0.2, 0.25) is 0 Å². The number of amides is 4. The highest BCUT2D eigenvalue weighted by Gasteiger charge is 2.52. The van der Waals surface area contributed by atoms with Gasteiger partial charge < -0.3 is 0 Å². The molecule has 1 heterocycles. The SMILES string of the molecule is CC(C)(C)N1C(=O)N(Cl)C(=O)N(Cl)C1(C)C. The topological polar surface area (TPSA) is 43.9 Å². The molecule has 1 saturated heterocycles. The Morgan fingerprint density at radius 1 is 1.06 bits per heavy atom. The van der Waals surface area contributed by atoms with Crippen LogP contribution in [0.4, 0.5) is 9.59 Å². The lowest BCUT2D eigenvalue weighted by molar-refractivity contribution is -0.0160. The van der Waals surface area contributed by atoms with Gasteiger partial charge in [-0.25, -0.2) is 14.0 Å². The van der Waals surface area contributed by atoms with Crippen LogP contribution in [-0.4, -0.2) is 37.0 Å². The molecular weight excluding hydrogens is 253 g/mol. The Bertz CT molecular complexity index is 338. The van der Waals surface area contributed by atoms with E-state index in [2.05, 4.69) is 0 Å². The summed E-state index contributed by atoms with van der Waals surface area (Å²) in [6, 6.07) is -1.31. The molecule has 5 nitrogen and oxygen atoms in total.